The summed E-state index contributed by atoms with van der Waals surface area (Å²) >= 11 is 6.68. The fourth-order valence-corrected chi connectivity index (χ4v) is 7.02. The van der Waals surface area contributed by atoms with E-state index < -0.39 is 5.54 Å². The Morgan fingerprint density at radius 3 is 1.96 bits per heavy atom. The Kier molecular flexibility index (Phi) is 8.11. The van der Waals surface area contributed by atoms with Crippen LogP contribution in [0.1, 0.15) is 35.1 Å². The van der Waals surface area contributed by atoms with E-state index in [9.17, 15) is 10.1 Å². The molecule has 1 saturated carbocycles. The van der Waals surface area contributed by atoms with E-state index in [1.54, 1.807) is 18.2 Å². The van der Waals surface area contributed by atoms with E-state index in [4.69, 9.17) is 16.7 Å². The highest BCUT2D eigenvalue weighted by atomic mass is 35.5. The first-order valence-electron chi connectivity index (χ1n) is 15.8. The Hall–Kier alpha value is -5.22. The Bertz CT molecular complexity index is 2000. The number of aromatic nitrogens is 2. The molecular formula is C40H34ClN5O. The van der Waals surface area contributed by atoms with Crippen LogP contribution in [-0.4, -0.2) is 40.7 Å². The molecule has 1 N–H and O–H groups in total. The Morgan fingerprint density at radius 1 is 0.851 bits per heavy atom. The summed E-state index contributed by atoms with van der Waals surface area (Å²) in [6, 6.07) is 45.0. The van der Waals surface area contributed by atoms with E-state index >= 15 is 0 Å². The van der Waals surface area contributed by atoms with Crippen LogP contribution in [0.5, 0.6) is 0 Å². The number of carbonyl (C=O) groups excluding carboxylic acids is 1. The minimum Gasteiger partial charge on any atom is -0.308 e. The summed E-state index contributed by atoms with van der Waals surface area (Å²) in [5, 5.41) is 19.5. The molecule has 1 fully saturated rings. The summed E-state index contributed by atoms with van der Waals surface area (Å²) in [6.45, 7) is 0. The number of anilines is 1. The molecule has 0 aliphatic heterocycles. The van der Waals surface area contributed by atoms with E-state index in [1.807, 2.05) is 72.8 Å². The molecule has 0 bridgehead atoms. The first-order valence-corrected chi connectivity index (χ1v) is 16.1. The summed E-state index contributed by atoms with van der Waals surface area (Å²) in [5.74, 6) is 0.365. The first kappa shape index (κ1) is 30.4. The molecule has 5 aromatic carbocycles. The zero-order chi connectivity index (χ0) is 32.5. The summed E-state index contributed by atoms with van der Waals surface area (Å²) in [5.41, 5.74) is 5.14. The second-order valence-electron chi connectivity index (χ2n) is 12.4. The third-order valence-electron chi connectivity index (χ3n) is 9.43. The number of hydrogen-bond donors (Lipinski definition) is 1. The van der Waals surface area contributed by atoms with E-state index in [0.717, 1.165) is 51.6 Å². The predicted octanol–water partition coefficient (Wildman–Crippen LogP) is 8.35. The lowest BCUT2D eigenvalue weighted by Crippen LogP contribution is -2.45. The predicted molar refractivity (Wildman–Crippen MR) is 188 cm³/mol. The van der Waals surface area contributed by atoms with Gasteiger partial charge in [0.1, 0.15) is 5.54 Å². The van der Waals surface area contributed by atoms with Gasteiger partial charge >= 0.3 is 0 Å². The lowest BCUT2D eigenvalue weighted by molar-refractivity contribution is -0.124. The maximum Gasteiger partial charge on any atom is 0.228 e. The fraction of sp³-hybridized carbons (Fsp3) is 0.175. The first-order chi connectivity index (χ1) is 22.9. The maximum absolute atomic E-state index is 13.7. The topological polar surface area (TPSA) is 74.0 Å². The number of nitrogens with zero attached hydrogens (tertiary/aromatic N) is 4. The van der Waals surface area contributed by atoms with Gasteiger partial charge in [-0.3, -0.25) is 4.79 Å². The van der Waals surface area contributed by atoms with Gasteiger partial charge in [0, 0.05) is 27.9 Å². The fourth-order valence-electron chi connectivity index (χ4n) is 6.80. The van der Waals surface area contributed by atoms with Gasteiger partial charge in [0.25, 0.3) is 0 Å². The zero-order valence-electron chi connectivity index (χ0n) is 26.3. The highest BCUT2D eigenvalue weighted by Crippen LogP contribution is 2.44. The van der Waals surface area contributed by atoms with Crippen molar-refractivity contribution in [2.24, 2.45) is 5.92 Å². The number of nitriles is 1. The number of benzene rings is 5. The molecule has 1 aliphatic carbocycles. The van der Waals surface area contributed by atoms with E-state index in [0.29, 0.717) is 22.4 Å². The molecule has 0 spiro atoms. The lowest BCUT2D eigenvalue weighted by atomic mass is 9.77. The van der Waals surface area contributed by atoms with Crippen molar-refractivity contribution >= 4 is 34.2 Å². The second kappa shape index (κ2) is 12.5. The number of halogens is 1. The van der Waals surface area contributed by atoms with Gasteiger partial charge in [-0.1, -0.05) is 109 Å². The van der Waals surface area contributed by atoms with Gasteiger partial charge in [-0.05, 0) is 79.5 Å². The molecule has 0 atom stereocenters. The molecule has 7 heteroatoms. The van der Waals surface area contributed by atoms with Gasteiger partial charge in [-0.2, -0.15) is 10.4 Å². The summed E-state index contributed by atoms with van der Waals surface area (Å²) in [6.07, 6.45) is 1.61. The van der Waals surface area contributed by atoms with Gasteiger partial charge < -0.3 is 10.2 Å². The van der Waals surface area contributed by atoms with Crippen molar-refractivity contribution in [3.63, 3.8) is 0 Å². The highest BCUT2D eigenvalue weighted by molar-refractivity contribution is 6.33. The third kappa shape index (κ3) is 5.38. The monoisotopic (exact) mass is 635 g/mol. The van der Waals surface area contributed by atoms with Crippen LogP contribution >= 0.6 is 11.6 Å². The number of hydrogen-bond acceptors (Lipinski definition) is 4. The van der Waals surface area contributed by atoms with E-state index in [-0.39, 0.29) is 11.8 Å². The molecule has 6 nitrogen and oxygen atoms in total. The SMILES string of the molecule is CN(C)C1CC(C(=O)Nc2nn(C(c3ccccc3)(c3ccccc3)c3ccccc3)c3ccc(-c4cc(C#N)ccc4Cl)cc23)C1. The van der Waals surface area contributed by atoms with Gasteiger partial charge in [0.05, 0.1) is 17.1 Å². The minimum atomic E-state index is -0.878. The standard InChI is InChI=1S/C40H34ClN5O/c1-45(2)33-23-29(24-33)39(47)43-38-35-25-28(34-22-27(26-42)18-20-36(34)41)19-21-37(35)46(44-38)40(30-12-6-3-7-13-30,31-14-8-4-9-15-31)32-16-10-5-11-17-32/h3-22,25,29,33H,23-24H2,1-2H3,(H,43,44,47). The van der Waals surface area contributed by atoms with Crippen molar-refractivity contribution in [3.05, 3.63) is 155 Å². The summed E-state index contributed by atoms with van der Waals surface area (Å²) in [7, 11) is 4.11. The average molecular weight is 636 g/mol. The maximum atomic E-state index is 13.7. The number of nitrogens with one attached hydrogen (secondary N) is 1. The third-order valence-corrected chi connectivity index (χ3v) is 9.76. The number of carbonyl (C=O) groups is 1. The molecule has 0 radical (unpaired) electrons. The van der Waals surface area contributed by atoms with Crippen LogP contribution in [0.25, 0.3) is 22.0 Å². The molecule has 7 rings (SSSR count). The van der Waals surface area contributed by atoms with Crippen molar-refractivity contribution in [2.45, 2.75) is 24.4 Å². The van der Waals surface area contributed by atoms with Crippen molar-refractivity contribution in [1.82, 2.24) is 14.7 Å². The van der Waals surface area contributed by atoms with Crippen molar-refractivity contribution in [3.8, 4) is 17.2 Å². The van der Waals surface area contributed by atoms with Crippen LogP contribution in [0, 0.1) is 17.2 Å². The molecule has 0 saturated heterocycles. The molecule has 1 heterocycles. The van der Waals surface area contributed by atoms with Crippen molar-refractivity contribution < 1.29 is 4.79 Å². The van der Waals surface area contributed by atoms with Crippen LogP contribution in [0.4, 0.5) is 5.82 Å². The number of rotatable bonds is 8. The Balaban J connectivity index is 1.49. The molecule has 1 aromatic heterocycles. The molecule has 47 heavy (non-hydrogen) atoms. The Morgan fingerprint density at radius 2 is 1.43 bits per heavy atom. The molecule has 1 aliphatic rings. The molecular weight excluding hydrogens is 602 g/mol. The van der Waals surface area contributed by atoms with Gasteiger partial charge in [-0.25, -0.2) is 4.68 Å². The Labute approximate surface area is 279 Å². The number of fused-ring (bicyclic) bond motifs is 1. The largest absolute Gasteiger partial charge is 0.308 e. The molecule has 232 valence electrons. The van der Waals surface area contributed by atoms with Gasteiger partial charge in [0.15, 0.2) is 5.82 Å². The van der Waals surface area contributed by atoms with Crippen LogP contribution in [0.3, 0.4) is 0 Å². The summed E-state index contributed by atoms with van der Waals surface area (Å²) in [4.78, 5) is 15.9. The molecule has 1 amide bonds. The quantitative estimate of drug-likeness (QED) is 0.171. The second-order valence-corrected chi connectivity index (χ2v) is 12.8. The van der Waals surface area contributed by atoms with Crippen LogP contribution < -0.4 is 5.32 Å². The highest BCUT2D eigenvalue weighted by Gasteiger charge is 2.42. The van der Waals surface area contributed by atoms with Gasteiger partial charge in [0.2, 0.25) is 5.91 Å². The minimum absolute atomic E-state index is 0.0331. The van der Waals surface area contributed by atoms with Gasteiger partial charge in [-0.15, -0.1) is 0 Å². The van der Waals surface area contributed by atoms with Crippen LogP contribution in [0.2, 0.25) is 5.02 Å². The summed E-state index contributed by atoms with van der Waals surface area (Å²) < 4.78 is 2.05. The van der Waals surface area contributed by atoms with Crippen molar-refractivity contribution in [2.75, 3.05) is 19.4 Å². The van der Waals surface area contributed by atoms with Crippen molar-refractivity contribution in [1.29, 1.82) is 5.26 Å². The van der Waals surface area contributed by atoms with E-state index in [2.05, 4.69) is 71.5 Å². The lowest BCUT2D eigenvalue weighted by Gasteiger charge is -2.38. The van der Waals surface area contributed by atoms with E-state index in [1.165, 1.54) is 0 Å². The molecule has 6 aromatic rings. The van der Waals surface area contributed by atoms with Crippen LogP contribution in [-0.2, 0) is 10.3 Å². The zero-order valence-corrected chi connectivity index (χ0v) is 27.0. The number of amides is 1. The smallest absolute Gasteiger partial charge is 0.228 e. The van der Waals surface area contributed by atoms with Crippen LogP contribution in [0.15, 0.2) is 127 Å². The normalized spacial score (nSPS) is 16.1. The average Bonchev–Trinajstić information content (AvgIpc) is 3.43. The molecule has 0 unspecified atom stereocenters.